The number of carboxylic acid groups (broad SMARTS) is 1. The summed E-state index contributed by atoms with van der Waals surface area (Å²) in [5.74, 6) is -1.69. The minimum atomic E-state index is -1.16. The summed E-state index contributed by atoms with van der Waals surface area (Å²) in [6.07, 6.45) is 0.900. The second kappa shape index (κ2) is 3.70. The Kier molecular flexibility index (Phi) is 2.50. The first-order valence-corrected chi connectivity index (χ1v) is 5.06. The van der Waals surface area contributed by atoms with E-state index in [1.165, 1.54) is 24.3 Å². The topological polar surface area (TPSA) is 54.4 Å². The molecule has 2 rings (SSSR count). The Morgan fingerprint density at radius 2 is 1.81 bits per heavy atom. The summed E-state index contributed by atoms with van der Waals surface area (Å²) in [5, 5.41) is 8.92. The number of rotatable bonds is 4. The molecule has 0 heterocycles. The van der Waals surface area contributed by atoms with E-state index in [1.807, 2.05) is 0 Å². The molecule has 0 aromatic heterocycles. The van der Waals surface area contributed by atoms with Crippen molar-refractivity contribution in [2.75, 3.05) is 0 Å². The monoisotopic (exact) mass is 222 g/mol. The maximum absolute atomic E-state index is 12.6. The van der Waals surface area contributed by atoms with Crippen LogP contribution in [0.1, 0.15) is 18.4 Å². The van der Waals surface area contributed by atoms with Gasteiger partial charge in [0.05, 0.1) is 0 Å². The van der Waals surface area contributed by atoms with Crippen LogP contribution in [0.4, 0.5) is 4.39 Å². The molecule has 1 aliphatic carbocycles. The molecular formula is C12H11FO3. The molecular weight excluding hydrogens is 211 g/mol. The highest BCUT2D eigenvalue weighted by Gasteiger charge is 2.56. The maximum atomic E-state index is 12.6. The predicted octanol–water partition coefficient (Wildman–Crippen LogP) is 1.80. The summed E-state index contributed by atoms with van der Waals surface area (Å²) in [6, 6.07) is 5.54. The van der Waals surface area contributed by atoms with Gasteiger partial charge >= 0.3 is 5.97 Å². The molecule has 3 nitrogen and oxygen atoms in total. The van der Waals surface area contributed by atoms with E-state index in [4.69, 9.17) is 5.11 Å². The summed E-state index contributed by atoms with van der Waals surface area (Å²) < 4.78 is 12.6. The second-order valence-corrected chi connectivity index (χ2v) is 4.11. The van der Waals surface area contributed by atoms with Crippen molar-refractivity contribution in [1.82, 2.24) is 0 Å². The summed E-state index contributed by atoms with van der Waals surface area (Å²) in [4.78, 5) is 22.6. The highest BCUT2D eigenvalue weighted by molar-refractivity contribution is 6.06. The molecule has 84 valence electrons. The number of Topliss-reactive ketones (excluding diaryl/α,β-unsaturated/α-hetero) is 1. The number of carbonyl (C=O) groups is 2. The van der Waals surface area contributed by atoms with E-state index >= 15 is 0 Å². The number of carbonyl (C=O) groups excluding carboxylic acids is 1. The molecule has 0 aliphatic heterocycles. The van der Waals surface area contributed by atoms with E-state index in [9.17, 15) is 14.0 Å². The molecule has 0 bridgehead atoms. The highest BCUT2D eigenvalue weighted by atomic mass is 19.1. The summed E-state index contributed by atoms with van der Waals surface area (Å²) in [7, 11) is 0. The Balaban J connectivity index is 2.08. The van der Waals surface area contributed by atoms with Gasteiger partial charge in [-0.2, -0.15) is 0 Å². The molecule has 1 aromatic carbocycles. The number of ketones is 1. The van der Waals surface area contributed by atoms with Gasteiger partial charge in [-0.1, -0.05) is 12.1 Å². The molecule has 0 unspecified atom stereocenters. The van der Waals surface area contributed by atoms with Crippen LogP contribution in [0.25, 0.3) is 0 Å². The smallest absolute Gasteiger partial charge is 0.317 e. The van der Waals surface area contributed by atoms with Gasteiger partial charge in [0.25, 0.3) is 0 Å². The molecule has 0 atom stereocenters. The SMILES string of the molecule is O=C(O)C1(C(=O)Cc2ccc(F)cc2)CC1. The molecule has 0 amide bonds. The van der Waals surface area contributed by atoms with Gasteiger partial charge in [-0.05, 0) is 30.5 Å². The fourth-order valence-electron chi connectivity index (χ4n) is 1.69. The van der Waals surface area contributed by atoms with Crippen LogP contribution in [0.5, 0.6) is 0 Å². The Bertz CT molecular complexity index is 432. The van der Waals surface area contributed by atoms with Crippen molar-refractivity contribution in [2.24, 2.45) is 5.41 Å². The summed E-state index contributed by atoms with van der Waals surface area (Å²) in [5.41, 5.74) is -0.507. The summed E-state index contributed by atoms with van der Waals surface area (Å²) in [6.45, 7) is 0. The molecule has 0 radical (unpaired) electrons. The number of halogens is 1. The third kappa shape index (κ3) is 1.83. The van der Waals surface area contributed by atoms with Crippen LogP contribution in [-0.4, -0.2) is 16.9 Å². The lowest BCUT2D eigenvalue weighted by Gasteiger charge is -2.08. The van der Waals surface area contributed by atoms with E-state index in [1.54, 1.807) is 0 Å². The highest BCUT2D eigenvalue weighted by Crippen LogP contribution is 2.47. The van der Waals surface area contributed by atoms with Crippen molar-refractivity contribution in [1.29, 1.82) is 0 Å². The Morgan fingerprint density at radius 3 is 2.25 bits per heavy atom. The van der Waals surface area contributed by atoms with E-state index < -0.39 is 11.4 Å². The van der Waals surface area contributed by atoms with Crippen LogP contribution < -0.4 is 0 Å². The number of aliphatic carboxylic acids is 1. The third-order valence-electron chi connectivity index (χ3n) is 2.97. The van der Waals surface area contributed by atoms with Gasteiger partial charge in [0.15, 0.2) is 5.78 Å². The van der Waals surface area contributed by atoms with Gasteiger partial charge in [0, 0.05) is 6.42 Å². The number of benzene rings is 1. The van der Waals surface area contributed by atoms with Crippen LogP contribution in [0.2, 0.25) is 0 Å². The molecule has 0 spiro atoms. The number of carboxylic acids is 1. The van der Waals surface area contributed by atoms with Crippen molar-refractivity contribution < 1.29 is 19.1 Å². The second-order valence-electron chi connectivity index (χ2n) is 4.11. The van der Waals surface area contributed by atoms with Gasteiger partial charge in [0.2, 0.25) is 0 Å². The van der Waals surface area contributed by atoms with E-state index in [-0.39, 0.29) is 18.0 Å². The number of hydrogen-bond acceptors (Lipinski definition) is 2. The molecule has 4 heteroatoms. The van der Waals surface area contributed by atoms with Crippen molar-refractivity contribution in [2.45, 2.75) is 19.3 Å². The van der Waals surface area contributed by atoms with Crippen LogP contribution in [0, 0.1) is 11.2 Å². The molecule has 1 fully saturated rings. The quantitative estimate of drug-likeness (QED) is 0.790. The first-order chi connectivity index (χ1) is 7.54. The zero-order chi connectivity index (χ0) is 11.8. The predicted molar refractivity (Wildman–Crippen MR) is 54.4 cm³/mol. The summed E-state index contributed by atoms with van der Waals surface area (Å²) >= 11 is 0. The Labute approximate surface area is 91.9 Å². The normalized spacial score (nSPS) is 16.8. The Morgan fingerprint density at radius 1 is 1.25 bits per heavy atom. The van der Waals surface area contributed by atoms with Gasteiger partial charge in [-0.15, -0.1) is 0 Å². The molecule has 1 aliphatic rings. The largest absolute Gasteiger partial charge is 0.480 e. The lowest BCUT2D eigenvalue weighted by atomic mass is 9.95. The lowest BCUT2D eigenvalue weighted by molar-refractivity contribution is -0.148. The molecule has 1 aromatic rings. The standard InChI is InChI=1S/C12H11FO3/c13-9-3-1-8(2-4-9)7-10(14)12(5-6-12)11(15)16/h1-4H,5-7H2,(H,15,16). The van der Waals surface area contributed by atoms with Crippen molar-refractivity contribution >= 4 is 11.8 Å². The fraction of sp³-hybridized carbons (Fsp3) is 0.333. The zero-order valence-electron chi connectivity index (χ0n) is 8.57. The van der Waals surface area contributed by atoms with Crippen LogP contribution in [0.15, 0.2) is 24.3 Å². The molecule has 0 saturated heterocycles. The van der Waals surface area contributed by atoms with Gasteiger partial charge < -0.3 is 5.11 Å². The minimum absolute atomic E-state index is 0.0621. The van der Waals surface area contributed by atoms with Gasteiger partial charge in [-0.25, -0.2) is 4.39 Å². The van der Waals surface area contributed by atoms with Crippen LogP contribution in [-0.2, 0) is 16.0 Å². The zero-order valence-corrected chi connectivity index (χ0v) is 8.57. The molecule has 16 heavy (non-hydrogen) atoms. The third-order valence-corrected chi connectivity index (χ3v) is 2.97. The average Bonchev–Trinajstić information content (AvgIpc) is 3.02. The Hall–Kier alpha value is -1.71. The van der Waals surface area contributed by atoms with Crippen LogP contribution in [0.3, 0.4) is 0 Å². The van der Waals surface area contributed by atoms with Gasteiger partial charge in [-0.3, -0.25) is 9.59 Å². The van der Waals surface area contributed by atoms with Crippen molar-refractivity contribution in [3.8, 4) is 0 Å². The maximum Gasteiger partial charge on any atom is 0.317 e. The first-order valence-electron chi connectivity index (χ1n) is 5.06. The minimum Gasteiger partial charge on any atom is -0.480 e. The number of hydrogen-bond donors (Lipinski definition) is 1. The van der Waals surface area contributed by atoms with E-state index in [0.717, 1.165) is 0 Å². The average molecular weight is 222 g/mol. The van der Waals surface area contributed by atoms with Crippen molar-refractivity contribution in [3.05, 3.63) is 35.6 Å². The lowest BCUT2D eigenvalue weighted by Crippen LogP contribution is -2.26. The molecule has 1 saturated carbocycles. The van der Waals surface area contributed by atoms with Gasteiger partial charge in [0.1, 0.15) is 11.2 Å². The molecule has 1 N–H and O–H groups in total. The van der Waals surface area contributed by atoms with Crippen LogP contribution >= 0.6 is 0 Å². The van der Waals surface area contributed by atoms with Crippen molar-refractivity contribution in [3.63, 3.8) is 0 Å². The van der Waals surface area contributed by atoms with E-state index in [2.05, 4.69) is 0 Å². The first kappa shape index (κ1) is 10.8. The van der Waals surface area contributed by atoms with E-state index in [0.29, 0.717) is 18.4 Å². The fourth-order valence-corrected chi connectivity index (χ4v) is 1.69.